The summed E-state index contributed by atoms with van der Waals surface area (Å²) in [5, 5.41) is 12.2. The number of aliphatic hydroxyl groups is 1. The molecule has 0 saturated carbocycles. The number of aromatic nitrogens is 1. The van der Waals surface area contributed by atoms with Crippen LogP contribution >= 0.6 is 0 Å². The van der Waals surface area contributed by atoms with Crippen LogP contribution in [0.4, 0.5) is 0 Å². The minimum atomic E-state index is -0.142. The summed E-state index contributed by atoms with van der Waals surface area (Å²) in [6.45, 7) is 2.95. The molecule has 2 aromatic rings. The molecule has 0 spiro atoms. The Morgan fingerprint density at radius 3 is 3.12 bits per heavy atom. The fraction of sp³-hybridized carbons (Fsp3) is 0.474. The van der Waals surface area contributed by atoms with Crippen molar-refractivity contribution in [3.63, 3.8) is 0 Å². The number of likely N-dealkylation sites (tertiary alicyclic amines) is 1. The summed E-state index contributed by atoms with van der Waals surface area (Å²) in [5.74, 6) is 0.289. The van der Waals surface area contributed by atoms with Crippen LogP contribution in [-0.4, -0.2) is 53.2 Å². The van der Waals surface area contributed by atoms with E-state index in [4.69, 9.17) is 4.42 Å². The van der Waals surface area contributed by atoms with E-state index in [1.807, 2.05) is 24.3 Å². The topological polar surface area (TPSA) is 78.6 Å². The standard InChI is InChI=1S/C19H25N3O3/c23-14-15-6-5-13-22(15)12-4-3-11-20-18(24)9-10-19-21-16-7-1-2-8-17(16)25-19/h1-2,7-10,15,23H,3-6,11-14H2,(H,20,24)/b10-9+. The van der Waals surface area contributed by atoms with Crippen molar-refractivity contribution >= 4 is 23.1 Å². The molecule has 1 amide bonds. The van der Waals surface area contributed by atoms with Gasteiger partial charge >= 0.3 is 0 Å². The first-order chi connectivity index (χ1) is 12.3. The average Bonchev–Trinajstić information content (AvgIpc) is 3.25. The van der Waals surface area contributed by atoms with Crippen molar-refractivity contribution in [2.24, 2.45) is 0 Å². The molecule has 0 aliphatic carbocycles. The van der Waals surface area contributed by atoms with Crippen LogP contribution in [0.25, 0.3) is 17.2 Å². The van der Waals surface area contributed by atoms with Crippen molar-refractivity contribution in [3.8, 4) is 0 Å². The van der Waals surface area contributed by atoms with Crippen molar-refractivity contribution in [1.82, 2.24) is 15.2 Å². The van der Waals surface area contributed by atoms with E-state index in [-0.39, 0.29) is 12.5 Å². The molecule has 0 radical (unpaired) electrons. The fourth-order valence-electron chi connectivity index (χ4n) is 3.21. The molecule has 25 heavy (non-hydrogen) atoms. The maximum atomic E-state index is 11.8. The number of nitrogens with zero attached hydrogens (tertiary/aromatic N) is 2. The molecule has 1 aliphatic heterocycles. The first-order valence-corrected chi connectivity index (χ1v) is 8.92. The second-order valence-electron chi connectivity index (χ2n) is 6.37. The van der Waals surface area contributed by atoms with Gasteiger partial charge < -0.3 is 14.8 Å². The molecular formula is C19H25N3O3. The Hall–Kier alpha value is -2.18. The molecule has 3 rings (SSSR count). The highest BCUT2D eigenvalue weighted by Crippen LogP contribution is 2.17. The minimum Gasteiger partial charge on any atom is -0.437 e. The van der Waals surface area contributed by atoms with Crippen LogP contribution < -0.4 is 5.32 Å². The second-order valence-corrected chi connectivity index (χ2v) is 6.37. The number of hydrogen-bond acceptors (Lipinski definition) is 5. The molecule has 1 atom stereocenters. The van der Waals surface area contributed by atoms with Crippen LogP contribution in [-0.2, 0) is 4.79 Å². The summed E-state index contributed by atoms with van der Waals surface area (Å²) in [7, 11) is 0. The van der Waals surface area contributed by atoms with Crippen molar-refractivity contribution in [1.29, 1.82) is 0 Å². The number of nitrogens with one attached hydrogen (secondary N) is 1. The molecule has 1 saturated heterocycles. The van der Waals surface area contributed by atoms with Gasteiger partial charge in [0.15, 0.2) is 5.58 Å². The number of aliphatic hydroxyl groups excluding tert-OH is 1. The molecule has 1 aliphatic rings. The van der Waals surface area contributed by atoms with Gasteiger partial charge in [-0.25, -0.2) is 4.98 Å². The smallest absolute Gasteiger partial charge is 0.244 e. The zero-order valence-electron chi connectivity index (χ0n) is 14.4. The highest BCUT2D eigenvalue weighted by molar-refractivity contribution is 5.91. The summed E-state index contributed by atoms with van der Waals surface area (Å²) in [4.78, 5) is 18.5. The number of fused-ring (bicyclic) bond motifs is 1. The molecule has 6 nitrogen and oxygen atoms in total. The molecule has 1 aromatic heterocycles. The lowest BCUT2D eigenvalue weighted by atomic mass is 10.2. The number of carbonyl (C=O) groups excluding carboxylic acids is 1. The van der Waals surface area contributed by atoms with Gasteiger partial charge in [0.25, 0.3) is 0 Å². The van der Waals surface area contributed by atoms with E-state index in [0.717, 1.165) is 37.9 Å². The van der Waals surface area contributed by atoms with Gasteiger partial charge in [0.2, 0.25) is 11.8 Å². The normalized spacial score (nSPS) is 18.4. The summed E-state index contributed by atoms with van der Waals surface area (Å²) in [6.07, 6.45) is 7.25. The average molecular weight is 343 g/mol. The lowest BCUT2D eigenvalue weighted by Gasteiger charge is -2.22. The Morgan fingerprint density at radius 2 is 2.28 bits per heavy atom. The van der Waals surface area contributed by atoms with Crippen LogP contribution in [0, 0.1) is 0 Å². The number of rotatable bonds is 8. The molecular weight excluding hydrogens is 318 g/mol. The van der Waals surface area contributed by atoms with Crippen LogP contribution in [0.1, 0.15) is 31.6 Å². The maximum Gasteiger partial charge on any atom is 0.244 e. The Labute approximate surface area is 147 Å². The second kappa shape index (κ2) is 8.78. The van der Waals surface area contributed by atoms with Crippen molar-refractivity contribution in [2.45, 2.75) is 31.7 Å². The van der Waals surface area contributed by atoms with E-state index in [9.17, 15) is 9.90 Å². The van der Waals surface area contributed by atoms with E-state index in [2.05, 4.69) is 15.2 Å². The van der Waals surface area contributed by atoms with Gasteiger partial charge in [0.05, 0.1) is 6.61 Å². The molecule has 2 heterocycles. The summed E-state index contributed by atoms with van der Waals surface area (Å²) in [5.41, 5.74) is 1.50. The Bertz CT molecular complexity index is 693. The molecule has 1 aromatic carbocycles. The first kappa shape index (κ1) is 17.6. The van der Waals surface area contributed by atoms with E-state index >= 15 is 0 Å². The summed E-state index contributed by atoms with van der Waals surface area (Å²) in [6, 6.07) is 7.84. The Balaban J connectivity index is 1.35. The van der Waals surface area contributed by atoms with Crippen molar-refractivity contribution in [3.05, 3.63) is 36.2 Å². The molecule has 1 fully saturated rings. The number of para-hydroxylation sites is 2. The molecule has 1 unspecified atom stereocenters. The lowest BCUT2D eigenvalue weighted by molar-refractivity contribution is -0.116. The maximum absolute atomic E-state index is 11.8. The zero-order chi connectivity index (χ0) is 17.5. The van der Waals surface area contributed by atoms with Gasteiger partial charge in [-0.2, -0.15) is 0 Å². The summed E-state index contributed by atoms with van der Waals surface area (Å²) >= 11 is 0. The van der Waals surface area contributed by atoms with E-state index in [1.54, 1.807) is 6.08 Å². The quantitative estimate of drug-likeness (QED) is 0.567. The Morgan fingerprint density at radius 1 is 1.40 bits per heavy atom. The molecule has 6 heteroatoms. The third-order valence-corrected chi connectivity index (χ3v) is 4.57. The Kier molecular flexibility index (Phi) is 6.19. The largest absolute Gasteiger partial charge is 0.437 e. The first-order valence-electron chi connectivity index (χ1n) is 8.92. The molecule has 134 valence electrons. The van der Waals surface area contributed by atoms with Crippen molar-refractivity contribution in [2.75, 3.05) is 26.2 Å². The number of unbranched alkanes of at least 4 members (excludes halogenated alkanes) is 1. The lowest BCUT2D eigenvalue weighted by Crippen LogP contribution is -2.33. The minimum absolute atomic E-state index is 0.142. The SMILES string of the molecule is O=C(/C=C/c1nc2ccccc2o1)NCCCCN1CCCC1CO. The zero-order valence-corrected chi connectivity index (χ0v) is 14.4. The van der Waals surface area contributed by atoms with Crippen LogP contribution in [0.15, 0.2) is 34.8 Å². The number of benzene rings is 1. The van der Waals surface area contributed by atoms with Crippen LogP contribution in [0.5, 0.6) is 0 Å². The predicted octanol–water partition coefficient (Wildman–Crippen LogP) is 2.19. The van der Waals surface area contributed by atoms with Gasteiger partial charge in [0.1, 0.15) is 5.52 Å². The van der Waals surface area contributed by atoms with Crippen LogP contribution in [0.3, 0.4) is 0 Å². The highest BCUT2D eigenvalue weighted by Gasteiger charge is 2.22. The monoisotopic (exact) mass is 343 g/mol. The van der Waals surface area contributed by atoms with Gasteiger partial charge in [-0.1, -0.05) is 12.1 Å². The third kappa shape index (κ3) is 4.90. The third-order valence-electron chi connectivity index (χ3n) is 4.57. The fourth-order valence-corrected chi connectivity index (χ4v) is 3.21. The van der Waals surface area contributed by atoms with Crippen LogP contribution in [0.2, 0.25) is 0 Å². The van der Waals surface area contributed by atoms with Gasteiger partial charge in [0, 0.05) is 24.7 Å². The van der Waals surface area contributed by atoms with E-state index in [1.165, 1.54) is 12.5 Å². The number of oxazole rings is 1. The van der Waals surface area contributed by atoms with Crippen molar-refractivity contribution < 1.29 is 14.3 Å². The van der Waals surface area contributed by atoms with Gasteiger partial charge in [-0.05, 0) is 50.9 Å². The highest BCUT2D eigenvalue weighted by atomic mass is 16.3. The van der Waals surface area contributed by atoms with E-state index in [0.29, 0.717) is 24.1 Å². The molecule has 2 N–H and O–H groups in total. The number of amides is 1. The predicted molar refractivity (Wildman–Crippen MR) is 97.0 cm³/mol. The van der Waals surface area contributed by atoms with E-state index < -0.39 is 0 Å². The van der Waals surface area contributed by atoms with Gasteiger partial charge in [-0.15, -0.1) is 0 Å². The number of hydrogen-bond donors (Lipinski definition) is 2. The summed E-state index contributed by atoms with van der Waals surface area (Å²) < 4.78 is 5.54. The molecule has 0 bridgehead atoms. The number of carbonyl (C=O) groups is 1. The van der Waals surface area contributed by atoms with Gasteiger partial charge in [-0.3, -0.25) is 9.69 Å².